The Bertz CT molecular complexity index is 3280. The van der Waals surface area contributed by atoms with E-state index in [1.165, 1.54) is 27.1 Å². The summed E-state index contributed by atoms with van der Waals surface area (Å²) in [5, 5.41) is 32.6. The number of phosphoric acid groups is 4. The van der Waals surface area contributed by atoms with Crippen LogP contribution in [-0.2, 0) is 75.7 Å². The van der Waals surface area contributed by atoms with E-state index in [-0.39, 0.29) is 47.3 Å². The molecule has 37 nitrogen and oxygen atoms in total. The molecular weight excluding hydrogens is 1100 g/mol. The third-order valence-corrected chi connectivity index (χ3v) is 16.9. The van der Waals surface area contributed by atoms with Gasteiger partial charge in [-0.25, -0.2) is 38.0 Å². The number of nitrogens with one attached hydrogen (secondary N) is 2. The second-order valence-corrected chi connectivity index (χ2v) is 22.5. The van der Waals surface area contributed by atoms with Crippen LogP contribution in [0.1, 0.15) is 25.6 Å². The molecule has 16 atom stereocenters. The number of aromatic nitrogens is 10. The molecule has 3 aliphatic rings. The van der Waals surface area contributed by atoms with Gasteiger partial charge in [0.15, 0.2) is 23.9 Å². The highest BCUT2D eigenvalue weighted by Crippen LogP contribution is 2.68. The molecule has 5 aromatic rings. The van der Waals surface area contributed by atoms with Gasteiger partial charge in [-0.1, -0.05) is 0 Å². The molecule has 0 radical (unpaired) electrons. The Labute approximate surface area is 417 Å². The third-order valence-electron chi connectivity index (χ3n) is 11.6. The number of aromatic amines is 2. The van der Waals surface area contributed by atoms with Crippen LogP contribution >= 0.6 is 31.3 Å². The van der Waals surface area contributed by atoms with Crippen LogP contribution < -0.4 is 37.7 Å². The summed E-state index contributed by atoms with van der Waals surface area (Å²) in [5.41, 5.74) is 9.25. The van der Waals surface area contributed by atoms with Crippen molar-refractivity contribution < 1.29 is 108 Å². The number of rotatable bonds is 22. The van der Waals surface area contributed by atoms with Gasteiger partial charge in [-0.05, 0) is 6.92 Å². The fourth-order valence-corrected chi connectivity index (χ4v) is 12.8. The van der Waals surface area contributed by atoms with Crippen LogP contribution in [0, 0.1) is 5.92 Å². The molecule has 8 rings (SSSR count). The maximum absolute atomic E-state index is 13.5. The molecule has 5 unspecified atom stereocenters. The van der Waals surface area contributed by atoms with Crippen LogP contribution in [0.15, 0.2) is 45.6 Å². The lowest BCUT2D eigenvalue weighted by Gasteiger charge is -2.31. The van der Waals surface area contributed by atoms with E-state index in [4.69, 9.17) is 53.2 Å². The van der Waals surface area contributed by atoms with Gasteiger partial charge >= 0.3 is 34.7 Å². The van der Waals surface area contributed by atoms with Crippen LogP contribution in [0.25, 0.3) is 22.3 Å². The van der Waals surface area contributed by atoms with E-state index in [0.717, 1.165) is 36.6 Å². The Morgan fingerprint density at radius 2 is 1.41 bits per heavy atom. The van der Waals surface area contributed by atoms with Gasteiger partial charge in [-0.2, -0.15) is 18.2 Å². The molecule has 414 valence electrons. The average molecular weight is 1150 g/mol. The number of phosphoric ester groups is 3. The number of nitrogens with zero attached hydrogens (tertiary/aromatic N) is 8. The normalized spacial score (nSPS) is 30.4. The second kappa shape index (κ2) is 22.0. The van der Waals surface area contributed by atoms with Crippen LogP contribution in [0.4, 0.5) is 11.8 Å². The highest BCUT2D eigenvalue weighted by Gasteiger charge is 2.53. The van der Waals surface area contributed by atoms with E-state index in [1.54, 1.807) is 6.92 Å². The molecule has 41 heteroatoms. The molecule has 0 aliphatic carbocycles. The SMILES string of the molecule is CCOC[C@H]1[C@@H](O)[C@H](n2c[n+](C)c3c(=O)[nH]c(N)nc32)O[C@@H]1COP(=O)(O)OP(=O)(O)OP(=O)(O)OCC1O[C@@H](n2cnc3c(N)ncnc32)[C@H](OC)[C@@H]1OP(=O)([O-])OC[C@H]1O[C@@H](n2ccc(=O)[nH]c2=O)[C@H](O)[C@@H]1O. The fraction of sp³-hybridized carbons (Fsp3) is 0.588. The van der Waals surface area contributed by atoms with Gasteiger partial charge in [-0.15, -0.1) is 0 Å². The monoisotopic (exact) mass is 1150 g/mol. The number of nitrogens with two attached hydrogens (primary N) is 2. The predicted molar refractivity (Wildman–Crippen MR) is 240 cm³/mol. The maximum atomic E-state index is 13.5. The number of aliphatic hydroxyl groups excluding tert-OH is 3. The lowest BCUT2D eigenvalue weighted by atomic mass is 9.99. The summed E-state index contributed by atoms with van der Waals surface area (Å²) >= 11 is 0. The van der Waals surface area contributed by atoms with E-state index in [9.17, 15) is 67.5 Å². The van der Waals surface area contributed by atoms with Crippen molar-refractivity contribution in [2.45, 2.75) is 74.4 Å². The van der Waals surface area contributed by atoms with Gasteiger partial charge in [0.25, 0.3) is 24.5 Å². The predicted octanol–water partition coefficient (Wildman–Crippen LogP) is -4.22. The minimum absolute atomic E-state index is 0.00611. The molecule has 8 heterocycles. The van der Waals surface area contributed by atoms with E-state index < -0.39 is 141 Å². The molecule has 3 fully saturated rings. The topological polar surface area (TPSA) is 519 Å². The molecule has 0 spiro atoms. The Balaban J connectivity index is 0.942. The van der Waals surface area contributed by atoms with Crippen molar-refractivity contribution in [3.8, 4) is 0 Å². The van der Waals surface area contributed by atoms with Gasteiger partial charge in [0.1, 0.15) is 54.6 Å². The summed E-state index contributed by atoms with van der Waals surface area (Å²) in [6.07, 6.45) is -13.6. The Kier molecular flexibility index (Phi) is 16.6. The zero-order valence-electron chi connectivity index (χ0n) is 38.8. The summed E-state index contributed by atoms with van der Waals surface area (Å²) in [6, 6.07) is 0.916. The van der Waals surface area contributed by atoms with Crippen molar-refractivity contribution in [1.29, 1.82) is 0 Å². The standard InChI is InChI=1S/C34H48N12O25P4/c1-4-62-7-14-15(66-30(21(14)48)46-13-43(2)20-28(46)41-33(36)42-29(20)51)8-64-73(55,56)70-75(59,60)71-74(57,58)65-10-17-24(25(61-3)32(68-17)45-12-39-19-26(35)37-11-38-27(19)45)69-72(53,54)63-9-16-22(49)23(50)31(67-16)44-6-5-18(47)40-34(44)52/h5-6,11-17,21-25,30-32,48-50H,4,7-10H2,1-3H3,(H9-,35,36,37,38,40,41,42,47,51,52,53,54,55,56,57,58,59,60)/t14-,15-,16-,17?,21-,22-,23-,24-,25-,30-,31-,32-/m1/s1. The van der Waals surface area contributed by atoms with Crippen LogP contribution in [0.3, 0.4) is 0 Å². The molecule has 0 amide bonds. The molecule has 0 aromatic carbocycles. The average Bonchev–Trinajstić information content (AvgIpc) is 4.12. The minimum atomic E-state index is -6.19. The number of fused-ring (bicyclic) bond motifs is 2. The number of ether oxygens (including phenoxy) is 5. The first kappa shape index (κ1) is 56.6. The van der Waals surface area contributed by atoms with E-state index >= 15 is 0 Å². The first-order valence-corrected chi connectivity index (χ1v) is 27.6. The number of imidazole rings is 2. The largest absolute Gasteiger partial charge is 0.756 e. The second-order valence-electron chi connectivity index (χ2n) is 16.5. The van der Waals surface area contributed by atoms with Crippen LogP contribution in [0.2, 0.25) is 0 Å². The Morgan fingerprint density at radius 3 is 2.08 bits per heavy atom. The van der Waals surface area contributed by atoms with Gasteiger partial charge in [0.05, 0.1) is 45.9 Å². The third kappa shape index (κ3) is 12.2. The van der Waals surface area contributed by atoms with Crippen molar-refractivity contribution in [2.75, 3.05) is 51.6 Å². The first-order chi connectivity index (χ1) is 35.2. The number of hydrogen-bond donors (Lipinski definition) is 10. The van der Waals surface area contributed by atoms with Crippen LogP contribution in [-0.4, -0.2) is 163 Å². The van der Waals surface area contributed by atoms with Gasteiger partial charge in [0.2, 0.25) is 18.5 Å². The van der Waals surface area contributed by atoms with Gasteiger partial charge < -0.3 is 79.1 Å². The molecule has 3 aliphatic heterocycles. The van der Waals surface area contributed by atoms with Crippen molar-refractivity contribution in [1.82, 2.24) is 43.6 Å². The molecule has 0 bridgehead atoms. The van der Waals surface area contributed by atoms with E-state index in [2.05, 4.69) is 33.5 Å². The number of aliphatic hydroxyl groups is 3. The quantitative estimate of drug-likeness (QED) is 0.0232. The molecule has 75 heavy (non-hydrogen) atoms. The lowest BCUT2D eigenvalue weighted by Crippen LogP contribution is -2.39. The summed E-state index contributed by atoms with van der Waals surface area (Å²) < 4.78 is 114. The number of methoxy groups -OCH3 is 1. The lowest BCUT2D eigenvalue weighted by molar-refractivity contribution is -0.646. The Hall–Kier alpha value is -4.62. The number of anilines is 2. The zero-order chi connectivity index (χ0) is 54.5. The van der Waals surface area contributed by atoms with Crippen LogP contribution in [0.5, 0.6) is 0 Å². The molecule has 12 N–H and O–H groups in total. The van der Waals surface area contributed by atoms with Gasteiger partial charge in [0, 0.05) is 31.9 Å². The highest BCUT2D eigenvalue weighted by molar-refractivity contribution is 7.66. The fourth-order valence-electron chi connectivity index (χ4n) is 8.33. The number of H-pyrrole nitrogens is 2. The number of nitrogen functional groups attached to an aromatic ring is 2. The summed E-state index contributed by atoms with van der Waals surface area (Å²) in [7, 11) is -21.1. The van der Waals surface area contributed by atoms with Gasteiger partial charge in [-0.3, -0.25) is 42.3 Å². The van der Waals surface area contributed by atoms with E-state index in [0.29, 0.717) is 0 Å². The first-order valence-electron chi connectivity index (χ1n) is 21.7. The van der Waals surface area contributed by atoms with Crippen molar-refractivity contribution in [3.05, 3.63) is 62.4 Å². The number of hydrogen-bond acceptors (Lipinski definition) is 28. The smallest absolute Gasteiger partial charge is 0.490 e. The summed E-state index contributed by atoms with van der Waals surface area (Å²) in [6.45, 7) is -1.78. The van der Waals surface area contributed by atoms with Crippen molar-refractivity contribution >= 4 is 65.4 Å². The highest BCUT2D eigenvalue weighted by atomic mass is 31.3. The molecular formula is C34H48N12O25P4. The summed E-state index contributed by atoms with van der Waals surface area (Å²) in [4.78, 5) is 102. The van der Waals surface area contributed by atoms with Crippen molar-refractivity contribution in [3.63, 3.8) is 0 Å². The zero-order valence-corrected chi connectivity index (χ0v) is 42.4. The Morgan fingerprint density at radius 1 is 0.773 bits per heavy atom. The van der Waals surface area contributed by atoms with E-state index in [1.807, 2.05) is 4.98 Å². The van der Waals surface area contributed by atoms with Crippen molar-refractivity contribution in [2.24, 2.45) is 13.0 Å². The number of aryl methyl sites for hydroxylation is 1. The maximum Gasteiger partial charge on any atom is 0.490 e. The minimum Gasteiger partial charge on any atom is -0.756 e. The molecule has 0 saturated carbocycles. The molecule has 3 saturated heterocycles. The molecule has 5 aromatic heterocycles. The summed E-state index contributed by atoms with van der Waals surface area (Å²) in [5.74, 6) is -1.40.